The van der Waals surface area contributed by atoms with Crippen LogP contribution in [-0.2, 0) is 9.53 Å². The van der Waals surface area contributed by atoms with Crippen molar-refractivity contribution in [3.63, 3.8) is 0 Å². The lowest BCUT2D eigenvalue weighted by atomic mass is 9.99. The summed E-state index contributed by atoms with van der Waals surface area (Å²) in [5, 5.41) is 0. The molecule has 0 heterocycles. The Labute approximate surface area is 135 Å². The quantitative estimate of drug-likeness (QED) is 0.735. The Hall–Kier alpha value is -2.69. The first-order chi connectivity index (χ1) is 11.2. The number of carbonyl (C=O) groups excluding carboxylic acids is 1. The van der Waals surface area contributed by atoms with Crippen LogP contribution >= 0.6 is 0 Å². The zero-order valence-corrected chi connectivity index (χ0v) is 13.4. The number of methoxy groups -OCH3 is 3. The molecule has 1 atom stereocenters. The number of esters is 1. The molecule has 0 aliphatic rings. The summed E-state index contributed by atoms with van der Waals surface area (Å²) in [6, 6.07) is 14.6. The molecule has 23 heavy (non-hydrogen) atoms. The normalized spacial score (nSPS) is 11.4. The fourth-order valence-electron chi connectivity index (χ4n) is 2.29. The second-order valence-electron chi connectivity index (χ2n) is 4.78. The maximum absolute atomic E-state index is 12.2. The van der Waals surface area contributed by atoms with Crippen molar-refractivity contribution in [2.45, 2.75) is 5.92 Å². The molecule has 0 aromatic heterocycles. The molecule has 2 aromatic rings. The number of para-hydroxylation sites is 3. The number of hydrogen-bond acceptors (Lipinski definition) is 5. The van der Waals surface area contributed by atoms with Gasteiger partial charge in [0.1, 0.15) is 18.3 Å². The van der Waals surface area contributed by atoms with Crippen molar-refractivity contribution in [1.82, 2.24) is 0 Å². The van der Waals surface area contributed by atoms with Crippen molar-refractivity contribution in [3.05, 3.63) is 54.1 Å². The van der Waals surface area contributed by atoms with Gasteiger partial charge in [0.05, 0.1) is 21.3 Å². The van der Waals surface area contributed by atoms with Gasteiger partial charge in [0, 0.05) is 5.56 Å². The van der Waals surface area contributed by atoms with Crippen LogP contribution in [0.4, 0.5) is 0 Å². The van der Waals surface area contributed by atoms with Crippen LogP contribution in [0.5, 0.6) is 17.2 Å². The predicted molar refractivity (Wildman–Crippen MR) is 86.2 cm³/mol. The van der Waals surface area contributed by atoms with Crippen LogP contribution in [0.1, 0.15) is 11.5 Å². The fourth-order valence-corrected chi connectivity index (χ4v) is 2.29. The largest absolute Gasteiger partial charge is 0.496 e. The van der Waals surface area contributed by atoms with E-state index in [1.54, 1.807) is 32.4 Å². The first kappa shape index (κ1) is 16.7. The third-order valence-electron chi connectivity index (χ3n) is 3.47. The summed E-state index contributed by atoms with van der Waals surface area (Å²) in [6.45, 7) is 0.118. The standard InChI is InChI=1S/C18H20O5/c1-20-15-9-5-4-8-13(15)14(18(19)22-3)12-23-17-11-7-6-10-16(17)21-2/h4-11,14H,12H2,1-3H3. The Balaban J connectivity index is 2.25. The number of carbonyl (C=O) groups is 1. The van der Waals surface area contributed by atoms with Gasteiger partial charge in [-0.3, -0.25) is 4.79 Å². The van der Waals surface area contributed by atoms with Gasteiger partial charge in [-0.25, -0.2) is 0 Å². The molecule has 122 valence electrons. The molecule has 0 radical (unpaired) electrons. The molecule has 0 aliphatic heterocycles. The molecule has 0 N–H and O–H groups in total. The molecule has 5 nitrogen and oxygen atoms in total. The molecule has 0 aliphatic carbocycles. The van der Waals surface area contributed by atoms with Crippen molar-refractivity contribution >= 4 is 5.97 Å². The van der Waals surface area contributed by atoms with Crippen LogP contribution in [0, 0.1) is 0 Å². The Morgan fingerprint density at radius 1 is 0.870 bits per heavy atom. The van der Waals surface area contributed by atoms with Gasteiger partial charge in [0.2, 0.25) is 0 Å². The number of hydrogen-bond donors (Lipinski definition) is 0. The minimum atomic E-state index is -0.596. The zero-order valence-electron chi connectivity index (χ0n) is 13.4. The van der Waals surface area contributed by atoms with Gasteiger partial charge < -0.3 is 18.9 Å². The van der Waals surface area contributed by atoms with E-state index in [1.165, 1.54) is 7.11 Å². The van der Waals surface area contributed by atoms with E-state index < -0.39 is 5.92 Å². The summed E-state index contributed by atoms with van der Waals surface area (Å²) in [6.07, 6.45) is 0. The lowest BCUT2D eigenvalue weighted by molar-refractivity contribution is -0.143. The van der Waals surface area contributed by atoms with E-state index in [-0.39, 0.29) is 12.6 Å². The highest BCUT2D eigenvalue weighted by Gasteiger charge is 2.26. The van der Waals surface area contributed by atoms with Gasteiger partial charge in [-0.1, -0.05) is 30.3 Å². The first-order valence-electron chi connectivity index (χ1n) is 7.17. The molecule has 0 bridgehead atoms. The summed E-state index contributed by atoms with van der Waals surface area (Å²) in [5.41, 5.74) is 0.719. The molecule has 0 amide bonds. The van der Waals surface area contributed by atoms with Crippen LogP contribution in [0.15, 0.2) is 48.5 Å². The van der Waals surface area contributed by atoms with Crippen LogP contribution in [-0.4, -0.2) is 33.9 Å². The van der Waals surface area contributed by atoms with E-state index in [1.807, 2.05) is 30.3 Å². The summed E-state index contributed by atoms with van der Waals surface area (Å²) < 4.78 is 21.3. The van der Waals surface area contributed by atoms with E-state index >= 15 is 0 Å². The lowest BCUT2D eigenvalue weighted by Crippen LogP contribution is -2.22. The van der Waals surface area contributed by atoms with E-state index in [0.29, 0.717) is 17.2 Å². The molecule has 2 aromatic carbocycles. The van der Waals surface area contributed by atoms with Gasteiger partial charge >= 0.3 is 5.97 Å². The molecule has 0 spiro atoms. The monoisotopic (exact) mass is 316 g/mol. The van der Waals surface area contributed by atoms with E-state index in [2.05, 4.69) is 0 Å². The Morgan fingerprint density at radius 2 is 1.43 bits per heavy atom. The summed E-state index contributed by atoms with van der Waals surface area (Å²) in [5.74, 6) is 0.812. The number of benzene rings is 2. The maximum Gasteiger partial charge on any atom is 0.316 e. The van der Waals surface area contributed by atoms with E-state index in [0.717, 1.165) is 5.56 Å². The highest BCUT2D eigenvalue weighted by molar-refractivity contribution is 5.79. The smallest absolute Gasteiger partial charge is 0.316 e. The maximum atomic E-state index is 12.2. The Bertz CT molecular complexity index is 653. The molecule has 0 saturated heterocycles. The van der Waals surface area contributed by atoms with Gasteiger partial charge in [0.25, 0.3) is 0 Å². The second kappa shape index (κ2) is 8.08. The number of ether oxygens (including phenoxy) is 4. The van der Waals surface area contributed by atoms with Gasteiger partial charge in [-0.05, 0) is 18.2 Å². The molecule has 2 rings (SSSR count). The zero-order chi connectivity index (χ0) is 16.7. The highest BCUT2D eigenvalue weighted by atomic mass is 16.5. The summed E-state index contributed by atoms with van der Waals surface area (Å²) >= 11 is 0. The Morgan fingerprint density at radius 3 is 2.04 bits per heavy atom. The van der Waals surface area contributed by atoms with E-state index in [9.17, 15) is 4.79 Å². The van der Waals surface area contributed by atoms with Gasteiger partial charge in [-0.15, -0.1) is 0 Å². The average Bonchev–Trinajstić information content (AvgIpc) is 2.62. The molecule has 0 saturated carbocycles. The topological polar surface area (TPSA) is 54.0 Å². The van der Waals surface area contributed by atoms with Crippen molar-refractivity contribution in [3.8, 4) is 17.2 Å². The molecule has 5 heteroatoms. The fraction of sp³-hybridized carbons (Fsp3) is 0.278. The number of rotatable bonds is 7. The molecule has 0 fully saturated rings. The van der Waals surface area contributed by atoms with Gasteiger partial charge in [-0.2, -0.15) is 0 Å². The van der Waals surface area contributed by atoms with Crippen LogP contribution < -0.4 is 14.2 Å². The van der Waals surface area contributed by atoms with Gasteiger partial charge in [0.15, 0.2) is 11.5 Å². The molecular weight excluding hydrogens is 296 g/mol. The van der Waals surface area contributed by atoms with Crippen molar-refractivity contribution in [1.29, 1.82) is 0 Å². The van der Waals surface area contributed by atoms with Crippen LogP contribution in [0.25, 0.3) is 0 Å². The summed E-state index contributed by atoms with van der Waals surface area (Å²) in [7, 11) is 4.49. The molecular formula is C18H20O5. The van der Waals surface area contributed by atoms with Crippen molar-refractivity contribution < 1.29 is 23.7 Å². The second-order valence-corrected chi connectivity index (χ2v) is 4.78. The third-order valence-corrected chi connectivity index (χ3v) is 3.47. The summed E-state index contributed by atoms with van der Waals surface area (Å²) in [4.78, 5) is 12.2. The van der Waals surface area contributed by atoms with Crippen LogP contribution in [0.3, 0.4) is 0 Å². The average molecular weight is 316 g/mol. The highest BCUT2D eigenvalue weighted by Crippen LogP contribution is 2.31. The Kier molecular flexibility index (Phi) is 5.86. The first-order valence-corrected chi connectivity index (χ1v) is 7.17. The van der Waals surface area contributed by atoms with Crippen LogP contribution in [0.2, 0.25) is 0 Å². The molecule has 1 unspecified atom stereocenters. The predicted octanol–water partition coefficient (Wildman–Crippen LogP) is 3.04. The lowest BCUT2D eigenvalue weighted by Gasteiger charge is -2.19. The SMILES string of the molecule is COC(=O)C(COc1ccccc1OC)c1ccccc1OC. The minimum absolute atomic E-state index is 0.118. The minimum Gasteiger partial charge on any atom is -0.496 e. The van der Waals surface area contributed by atoms with Crippen molar-refractivity contribution in [2.24, 2.45) is 0 Å². The van der Waals surface area contributed by atoms with Crippen molar-refractivity contribution in [2.75, 3.05) is 27.9 Å². The third kappa shape index (κ3) is 3.94. The van der Waals surface area contributed by atoms with E-state index in [4.69, 9.17) is 18.9 Å².